The molecule has 0 radical (unpaired) electrons. The molecule has 0 spiro atoms. The van der Waals surface area contributed by atoms with Gasteiger partial charge in [-0.2, -0.15) is 0 Å². The van der Waals surface area contributed by atoms with Crippen LogP contribution >= 0.6 is 23.4 Å². The molecule has 6 heteroatoms. The Bertz CT molecular complexity index is 852. The lowest BCUT2D eigenvalue weighted by Gasteiger charge is -2.16. The van der Waals surface area contributed by atoms with Crippen LogP contribution in [0.3, 0.4) is 0 Å². The zero-order chi connectivity index (χ0) is 19.4. The number of aryl methyl sites for hydroxylation is 1. The second kappa shape index (κ2) is 8.81. The monoisotopic (exact) mass is 402 g/mol. The van der Waals surface area contributed by atoms with E-state index in [1.807, 2.05) is 50.2 Å². The molecule has 1 saturated carbocycles. The average molecular weight is 403 g/mol. The molecule has 0 heterocycles. The quantitative estimate of drug-likeness (QED) is 0.600. The summed E-state index contributed by atoms with van der Waals surface area (Å²) in [6, 6.07) is 13.2. The highest BCUT2D eigenvalue weighted by Gasteiger charge is 2.29. The number of benzene rings is 2. The van der Waals surface area contributed by atoms with Crippen LogP contribution in [0.1, 0.15) is 31.7 Å². The van der Waals surface area contributed by atoms with Crippen LogP contribution in [-0.2, 0) is 9.59 Å². The molecule has 1 aliphatic carbocycles. The fourth-order valence-electron chi connectivity index (χ4n) is 2.62. The first-order valence-electron chi connectivity index (χ1n) is 9.11. The molecule has 3 rings (SSSR count). The largest absolute Gasteiger partial charge is 0.326 e. The highest BCUT2D eigenvalue weighted by atomic mass is 35.5. The van der Waals surface area contributed by atoms with Gasteiger partial charge in [-0.1, -0.05) is 30.7 Å². The minimum Gasteiger partial charge on any atom is -0.326 e. The Kier molecular flexibility index (Phi) is 6.45. The molecule has 2 aromatic rings. The van der Waals surface area contributed by atoms with Gasteiger partial charge in [0.15, 0.2) is 0 Å². The highest BCUT2D eigenvalue weighted by molar-refractivity contribution is 8.00. The first-order chi connectivity index (χ1) is 13.0. The van der Waals surface area contributed by atoms with Gasteiger partial charge >= 0.3 is 0 Å². The van der Waals surface area contributed by atoms with Gasteiger partial charge in [0.05, 0.1) is 5.25 Å². The summed E-state index contributed by atoms with van der Waals surface area (Å²) in [5.41, 5.74) is 2.44. The van der Waals surface area contributed by atoms with Gasteiger partial charge in [-0.25, -0.2) is 0 Å². The fraction of sp³-hybridized carbons (Fsp3) is 0.333. The van der Waals surface area contributed by atoms with E-state index in [2.05, 4.69) is 10.6 Å². The number of hydrogen-bond donors (Lipinski definition) is 2. The summed E-state index contributed by atoms with van der Waals surface area (Å²) in [6.07, 6.45) is 2.64. The van der Waals surface area contributed by atoms with Crippen molar-refractivity contribution in [3.63, 3.8) is 0 Å². The lowest BCUT2D eigenvalue weighted by Crippen LogP contribution is -2.24. The maximum atomic E-state index is 12.7. The zero-order valence-electron chi connectivity index (χ0n) is 15.4. The van der Waals surface area contributed by atoms with E-state index in [4.69, 9.17) is 11.6 Å². The topological polar surface area (TPSA) is 58.2 Å². The summed E-state index contributed by atoms with van der Waals surface area (Å²) in [4.78, 5) is 25.5. The van der Waals surface area contributed by atoms with Gasteiger partial charge in [0.1, 0.15) is 0 Å². The van der Waals surface area contributed by atoms with Crippen molar-refractivity contribution in [2.24, 2.45) is 5.92 Å². The van der Waals surface area contributed by atoms with Crippen LogP contribution in [0.5, 0.6) is 0 Å². The van der Waals surface area contributed by atoms with Gasteiger partial charge in [0.2, 0.25) is 11.8 Å². The molecule has 1 atom stereocenters. The van der Waals surface area contributed by atoms with Gasteiger partial charge in [-0.3, -0.25) is 9.59 Å². The number of amides is 2. The molecule has 1 fully saturated rings. The Hall–Kier alpha value is -1.98. The van der Waals surface area contributed by atoms with E-state index in [0.29, 0.717) is 17.1 Å². The number of anilines is 2. The Balaban J connectivity index is 1.64. The van der Waals surface area contributed by atoms with Crippen LogP contribution < -0.4 is 10.6 Å². The third kappa shape index (κ3) is 5.50. The normalized spacial score (nSPS) is 14.5. The number of thioether (sulfide) groups is 1. The Morgan fingerprint density at radius 3 is 2.56 bits per heavy atom. The SMILES string of the molecule is CCC(Sc1cccc(NC(=O)C2CC2)c1)C(=O)Nc1ccc(C)c(Cl)c1. The van der Waals surface area contributed by atoms with Crippen molar-refractivity contribution in [2.45, 2.75) is 43.3 Å². The van der Waals surface area contributed by atoms with Crippen molar-refractivity contribution in [3.05, 3.63) is 53.1 Å². The van der Waals surface area contributed by atoms with E-state index < -0.39 is 0 Å². The first kappa shape index (κ1) is 19.8. The number of rotatable bonds is 7. The molecule has 1 unspecified atom stereocenters. The Morgan fingerprint density at radius 1 is 1.15 bits per heavy atom. The van der Waals surface area contributed by atoms with Crippen molar-refractivity contribution in [1.29, 1.82) is 0 Å². The first-order valence-corrected chi connectivity index (χ1v) is 10.4. The fourth-order valence-corrected chi connectivity index (χ4v) is 3.81. The van der Waals surface area contributed by atoms with E-state index in [1.165, 1.54) is 11.8 Å². The number of carbonyl (C=O) groups excluding carboxylic acids is 2. The van der Waals surface area contributed by atoms with Gasteiger partial charge in [0, 0.05) is 27.2 Å². The summed E-state index contributed by atoms with van der Waals surface area (Å²) in [5.74, 6) is 0.185. The number of halogens is 1. The third-order valence-electron chi connectivity index (χ3n) is 4.43. The molecular weight excluding hydrogens is 380 g/mol. The second-order valence-corrected chi connectivity index (χ2v) is 8.44. The summed E-state index contributed by atoms with van der Waals surface area (Å²) in [6.45, 7) is 3.91. The molecule has 27 heavy (non-hydrogen) atoms. The van der Waals surface area contributed by atoms with Gasteiger partial charge < -0.3 is 10.6 Å². The van der Waals surface area contributed by atoms with E-state index in [-0.39, 0.29) is 23.0 Å². The van der Waals surface area contributed by atoms with Gasteiger partial charge in [-0.05, 0) is 62.1 Å². The number of carbonyl (C=O) groups is 2. The van der Waals surface area contributed by atoms with Crippen LogP contribution in [0, 0.1) is 12.8 Å². The zero-order valence-corrected chi connectivity index (χ0v) is 17.0. The van der Waals surface area contributed by atoms with Gasteiger partial charge in [0.25, 0.3) is 0 Å². The molecular formula is C21H23ClN2O2S. The standard InChI is InChI=1S/C21H23ClN2O2S/c1-3-19(21(26)24-16-10-7-13(2)18(22)12-16)27-17-6-4-5-15(11-17)23-20(25)14-8-9-14/h4-7,10-12,14,19H,3,8-9H2,1-2H3,(H,23,25)(H,24,26). The Labute approximate surface area is 169 Å². The molecule has 2 aromatic carbocycles. The van der Waals surface area contributed by atoms with Crippen molar-refractivity contribution < 1.29 is 9.59 Å². The molecule has 0 aliphatic heterocycles. The predicted octanol–water partition coefficient (Wildman–Crippen LogP) is 5.51. The molecule has 2 amide bonds. The molecule has 0 bridgehead atoms. The van der Waals surface area contributed by atoms with Crippen molar-refractivity contribution in [2.75, 3.05) is 10.6 Å². The summed E-state index contributed by atoms with van der Waals surface area (Å²) < 4.78 is 0. The molecule has 0 aromatic heterocycles. The maximum Gasteiger partial charge on any atom is 0.237 e. The van der Waals surface area contributed by atoms with Crippen LogP contribution in [-0.4, -0.2) is 17.1 Å². The average Bonchev–Trinajstić information content (AvgIpc) is 3.48. The predicted molar refractivity (Wildman–Crippen MR) is 113 cm³/mol. The minimum atomic E-state index is -0.237. The van der Waals surface area contributed by atoms with Gasteiger partial charge in [-0.15, -0.1) is 11.8 Å². The van der Waals surface area contributed by atoms with Crippen LogP contribution in [0.15, 0.2) is 47.4 Å². The highest BCUT2D eigenvalue weighted by Crippen LogP contribution is 2.32. The van der Waals surface area contributed by atoms with Crippen molar-refractivity contribution >= 4 is 46.6 Å². The summed E-state index contributed by atoms with van der Waals surface area (Å²) >= 11 is 7.63. The smallest absolute Gasteiger partial charge is 0.237 e. The van der Waals surface area contributed by atoms with Crippen LogP contribution in [0.25, 0.3) is 0 Å². The van der Waals surface area contributed by atoms with E-state index in [9.17, 15) is 9.59 Å². The lowest BCUT2D eigenvalue weighted by molar-refractivity contribution is -0.117. The summed E-state index contributed by atoms with van der Waals surface area (Å²) in [7, 11) is 0. The Morgan fingerprint density at radius 2 is 1.89 bits per heavy atom. The van der Waals surface area contributed by atoms with E-state index >= 15 is 0 Å². The van der Waals surface area contributed by atoms with Crippen LogP contribution in [0.4, 0.5) is 11.4 Å². The number of nitrogens with one attached hydrogen (secondary N) is 2. The second-order valence-electron chi connectivity index (χ2n) is 6.76. The minimum absolute atomic E-state index is 0.0603. The van der Waals surface area contributed by atoms with Crippen LogP contribution in [0.2, 0.25) is 5.02 Å². The summed E-state index contributed by atoms with van der Waals surface area (Å²) in [5, 5.41) is 6.28. The maximum absolute atomic E-state index is 12.7. The molecule has 142 valence electrons. The molecule has 0 saturated heterocycles. The van der Waals surface area contributed by atoms with Crippen molar-refractivity contribution in [3.8, 4) is 0 Å². The molecule has 1 aliphatic rings. The van der Waals surface area contributed by atoms with E-state index in [1.54, 1.807) is 6.07 Å². The van der Waals surface area contributed by atoms with E-state index in [0.717, 1.165) is 29.0 Å². The lowest BCUT2D eigenvalue weighted by atomic mass is 10.2. The third-order valence-corrected chi connectivity index (χ3v) is 6.20. The van der Waals surface area contributed by atoms with Crippen molar-refractivity contribution in [1.82, 2.24) is 0 Å². The number of hydrogen-bond acceptors (Lipinski definition) is 3. The molecule has 4 nitrogen and oxygen atoms in total. The molecule has 2 N–H and O–H groups in total.